The van der Waals surface area contributed by atoms with Gasteiger partial charge < -0.3 is 4.74 Å². The summed E-state index contributed by atoms with van der Waals surface area (Å²) >= 11 is 6.20. The number of rotatable bonds is 4. The average Bonchev–Trinajstić information content (AvgIpc) is 2.32. The molecule has 0 bridgehead atoms. The minimum atomic E-state index is -0.401. The zero-order valence-corrected chi connectivity index (χ0v) is 11.2. The zero-order valence-electron chi connectivity index (χ0n) is 10.5. The van der Waals surface area contributed by atoms with Gasteiger partial charge in [0.25, 0.3) is 0 Å². The van der Waals surface area contributed by atoms with Crippen molar-refractivity contribution in [2.45, 2.75) is 26.7 Å². The van der Waals surface area contributed by atoms with Crippen LogP contribution in [0.25, 0.3) is 10.9 Å². The van der Waals surface area contributed by atoms with Crippen LogP contribution in [0.4, 0.5) is 4.39 Å². The van der Waals surface area contributed by atoms with Crippen molar-refractivity contribution in [2.75, 3.05) is 6.61 Å². The number of halogens is 2. The fraction of sp³-hybridized carbons (Fsp3) is 0.357. The highest BCUT2D eigenvalue weighted by Crippen LogP contribution is 2.29. The van der Waals surface area contributed by atoms with E-state index in [1.807, 2.05) is 13.0 Å². The van der Waals surface area contributed by atoms with Crippen LogP contribution < -0.4 is 4.74 Å². The molecule has 0 saturated carbocycles. The van der Waals surface area contributed by atoms with Crippen molar-refractivity contribution in [1.29, 1.82) is 0 Å². The number of hydrogen-bond acceptors (Lipinski definition) is 2. The van der Waals surface area contributed by atoms with Crippen molar-refractivity contribution in [3.05, 3.63) is 34.7 Å². The van der Waals surface area contributed by atoms with Crippen molar-refractivity contribution < 1.29 is 9.13 Å². The molecular formula is C14H15ClFNO. The molecule has 0 aliphatic carbocycles. The monoisotopic (exact) mass is 267 g/mol. The van der Waals surface area contributed by atoms with Crippen LogP contribution in [-0.2, 0) is 6.42 Å². The lowest BCUT2D eigenvalue weighted by Gasteiger charge is -2.08. The lowest BCUT2D eigenvalue weighted by Crippen LogP contribution is -1.97. The summed E-state index contributed by atoms with van der Waals surface area (Å²) in [4.78, 5) is 4.41. The molecule has 1 aromatic heterocycles. The van der Waals surface area contributed by atoms with Crippen molar-refractivity contribution in [1.82, 2.24) is 4.98 Å². The average molecular weight is 268 g/mol. The quantitative estimate of drug-likeness (QED) is 0.820. The molecule has 1 heterocycles. The summed E-state index contributed by atoms with van der Waals surface area (Å²) in [5.41, 5.74) is 1.46. The molecule has 1 aromatic carbocycles. The minimum absolute atomic E-state index is 0.219. The number of fused-ring (bicyclic) bond motifs is 1. The molecule has 0 aliphatic rings. The Morgan fingerprint density at radius 1 is 1.28 bits per heavy atom. The van der Waals surface area contributed by atoms with E-state index in [9.17, 15) is 4.39 Å². The number of ether oxygens (including phenoxy) is 1. The third kappa shape index (κ3) is 2.56. The smallest absolute Gasteiger partial charge is 0.167 e. The lowest BCUT2D eigenvalue weighted by atomic mass is 10.1. The highest BCUT2D eigenvalue weighted by molar-refractivity contribution is 6.35. The van der Waals surface area contributed by atoms with Crippen LogP contribution in [0.2, 0.25) is 5.02 Å². The Balaban J connectivity index is 2.57. The summed E-state index contributed by atoms with van der Waals surface area (Å²) in [6, 6.07) is 4.83. The number of aromatic nitrogens is 1. The van der Waals surface area contributed by atoms with Crippen molar-refractivity contribution in [3.63, 3.8) is 0 Å². The number of benzene rings is 1. The Labute approximate surface area is 111 Å². The lowest BCUT2D eigenvalue weighted by molar-refractivity contribution is 0.322. The Morgan fingerprint density at radius 2 is 2.06 bits per heavy atom. The van der Waals surface area contributed by atoms with Gasteiger partial charge in [0, 0.05) is 17.1 Å². The van der Waals surface area contributed by atoms with E-state index in [1.165, 1.54) is 6.07 Å². The van der Waals surface area contributed by atoms with Gasteiger partial charge in [-0.1, -0.05) is 24.9 Å². The second kappa shape index (κ2) is 5.53. The standard InChI is InChI=1S/C14H15ClFNO/c1-3-5-9-6-11(15)10-7-14(18-4-2)12(16)8-13(10)17-9/h6-8H,3-5H2,1-2H3. The summed E-state index contributed by atoms with van der Waals surface area (Å²) in [6.07, 6.45) is 1.82. The van der Waals surface area contributed by atoms with Crippen LogP contribution in [0.1, 0.15) is 26.0 Å². The van der Waals surface area contributed by atoms with E-state index in [-0.39, 0.29) is 5.75 Å². The second-order valence-electron chi connectivity index (χ2n) is 4.08. The summed E-state index contributed by atoms with van der Waals surface area (Å²) in [7, 11) is 0. The number of aryl methyl sites for hydroxylation is 1. The number of nitrogens with zero attached hydrogens (tertiary/aromatic N) is 1. The molecule has 0 aliphatic heterocycles. The molecule has 0 radical (unpaired) electrons. The maximum absolute atomic E-state index is 13.7. The number of hydrogen-bond donors (Lipinski definition) is 0. The molecule has 0 spiro atoms. The van der Waals surface area contributed by atoms with Gasteiger partial charge >= 0.3 is 0 Å². The van der Waals surface area contributed by atoms with Gasteiger partial charge in [0.1, 0.15) is 0 Å². The molecule has 0 N–H and O–H groups in total. The first-order chi connectivity index (χ1) is 8.65. The molecule has 0 fully saturated rings. The van der Waals surface area contributed by atoms with Gasteiger partial charge in [-0.05, 0) is 25.5 Å². The van der Waals surface area contributed by atoms with Gasteiger partial charge in [-0.15, -0.1) is 0 Å². The normalized spacial score (nSPS) is 10.9. The Hall–Kier alpha value is -1.35. The van der Waals surface area contributed by atoms with Crippen LogP contribution >= 0.6 is 11.6 Å². The molecule has 0 saturated heterocycles. The van der Waals surface area contributed by atoms with Crippen molar-refractivity contribution >= 4 is 22.5 Å². The zero-order chi connectivity index (χ0) is 13.1. The van der Waals surface area contributed by atoms with Crippen LogP contribution in [-0.4, -0.2) is 11.6 Å². The molecule has 0 atom stereocenters. The van der Waals surface area contributed by atoms with Crippen molar-refractivity contribution in [3.8, 4) is 5.75 Å². The first kappa shape index (κ1) is 13.1. The molecule has 2 aromatic rings. The maximum Gasteiger partial charge on any atom is 0.167 e. The van der Waals surface area contributed by atoms with E-state index >= 15 is 0 Å². The minimum Gasteiger partial charge on any atom is -0.491 e. The highest BCUT2D eigenvalue weighted by atomic mass is 35.5. The fourth-order valence-electron chi connectivity index (χ4n) is 1.89. The topological polar surface area (TPSA) is 22.1 Å². The number of pyridine rings is 1. The van der Waals surface area contributed by atoms with Gasteiger partial charge in [0.05, 0.1) is 17.1 Å². The first-order valence-electron chi connectivity index (χ1n) is 6.07. The van der Waals surface area contributed by atoms with E-state index in [1.54, 1.807) is 6.07 Å². The van der Waals surface area contributed by atoms with E-state index in [0.29, 0.717) is 17.1 Å². The van der Waals surface area contributed by atoms with E-state index in [0.717, 1.165) is 23.9 Å². The molecule has 18 heavy (non-hydrogen) atoms. The summed E-state index contributed by atoms with van der Waals surface area (Å²) in [6.45, 7) is 4.30. The summed E-state index contributed by atoms with van der Waals surface area (Å²) in [5.74, 6) is -0.182. The highest BCUT2D eigenvalue weighted by Gasteiger charge is 2.10. The maximum atomic E-state index is 13.7. The van der Waals surface area contributed by atoms with Crippen LogP contribution in [0.5, 0.6) is 5.75 Å². The predicted molar refractivity (Wildman–Crippen MR) is 71.9 cm³/mol. The summed E-state index contributed by atoms with van der Waals surface area (Å²) < 4.78 is 19.0. The van der Waals surface area contributed by atoms with Gasteiger partial charge in [0.2, 0.25) is 0 Å². The van der Waals surface area contributed by atoms with Crippen LogP contribution in [0, 0.1) is 5.82 Å². The summed E-state index contributed by atoms with van der Waals surface area (Å²) in [5, 5.41) is 1.31. The van der Waals surface area contributed by atoms with Gasteiger partial charge in [-0.25, -0.2) is 4.39 Å². The molecule has 2 rings (SSSR count). The SMILES string of the molecule is CCCc1cc(Cl)c2cc(OCC)c(F)cc2n1. The van der Waals surface area contributed by atoms with Crippen LogP contribution in [0.3, 0.4) is 0 Å². The third-order valence-corrected chi connectivity index (χ3v) is 2.98. The largest absolute Gasteiger partial charge is 0.491 e. The Bertz CT molecular complexity index is 571. The first-order valence-corrected chi connectivity index (χ1v) is 6.45. The van der Waals surface area contributed by atoms with Gasteiger partial charge in [0.15, 0.2) is 11.6 Å². The van der Waals surface area contributed by atoms with E-state index < -0.39 is 5.82 Å². The Morgan fingerprint density at radius 3 is 2.72 bits per heavy atom. The molecule has 4 heteroatoms. The Kier molecular flexibility index (Phi) is 4.02. The second-order valence-corrected chi connectivity index (χ2v) is 4.49. The third-order valence-electron chi connectivity index (χ3n) is 2.67. The molecule has 0 unspecified atom stereocenters. The van der Waals surface area contributed by atoms with E-state index in [2.05, 4.69) is 11.9 Å². The van der Waals surface area contributed by atoms with Crippen LogP contribution in [0.15, 0.2) is 18.2 Å². The fourth-order valence-corrected chi connectivity index (χ4v) is 2.17. The van der Waals surface area contributed by atoms with E-state index in [4.69, 9.17) is 16.3 Å². The van der Waals surface area contributed by atoms with Gasteiger partial charge in [-0.3, -0.25) is 4.98 Å². The van der Waals surface area contributed by atoms with Gasteiger partial charge in [-0.2, -0.15) is 0 Å². The molecule has 96 valence electrons. The molecule has 2 nitrogen and oxygen atoms in total. The van der Waals surface area contributed by atoms with Crippen molar-refractivity contribution in [2.24, 2.45) is 0 Å². The molecular weight excluding hydrogens is 253 g/mol. The predicted octanol–water partition coefficient (Wildman–Crippen LogP) is 4.38. The molecule has 0 amide bonds.